The average molecular weight is 294 g/mol. The maximum Gasteiger partial charge on any atom is 0.305 e. The maximum atomic E-state index is 11.7. The quantitative estimate of drug-likeness (QED) is 0.732. The molecule has 1 heterocycles. The summed E-state index contributed by atoms with van der Waals surface area (Å²) in [6.45, 7) is 2.69. The van der Waals surface area contributed by atoms with Gasteiger partial charge in [-0.3, -0.25) is 14.4 Å². The van der Waals surface area contributed by atoms with Crippen molar-refractivity contribution in [3.05, 3.63) is 34.2 Å². The third-order valence-corrected chi connectivity index (χ3v) is 3.28. The minimum absolute atomic E-state index is 0.0279. The first-order chi connectivity index (χ1) is 9.90. The molecule has 1 N–H and O–H groups in total. The number of carboxylic acid groups (broad SMARTS) is 1. The fourth-order valence-corrected chi connectivity index (χ4v) is 1.93. The SMILES string of the molecule is Cc1ccn(CCCCC(=O)N(C)CCC(=O)O)c(=O)c1. The Labute approximate surface area is 124 Å². The van der Waals surface area contributed by atoms with Crippen LogP contribution in [0.25, 0.3) is 0 Å². The normalized spacial score (nSPS) is 10.4. The molecule has 0 atom stereocenters. The highest BCUT2D eigenvalue weighted by atomic mass is 16.4. The molecule has 116 valence electrons. The van der Waals surface area contributed by atoms with Crippen molar-refractivity contribution in [3.63, 3.8) is 0 Å². The lowest BCUT2D eigenvalue weighted by Gasteiger charge is -2.15. The first-order valence-corrected chi connectivity index (χ1v) is 7.03. The largest absolute Gasteiger partial charge is 0.481 e. The first-order valence-electron chi connectivity index (χ1n) is 7.03. The van der Waals surface area contributed by atoms with Crippen LogP contribution in [0.1, 0.15) is 31.2 Å². The van der Waals surface area contributed by atoms with E-state index in [1.165, 1.54) is 4.90 Å². The van der Waals surface area contributed by atoms with Gasteiger partial charge in [-0.25, -0.2) is 0 Å². The number of rotatable bonds is 8. The van der Waals surface area contributed by atoms with Gasteiger partial charge in [0.15, 0.2) is 0 Å². The van der Waals surface area contributed by atoms with E-state index >= 15 is 0 Å². The number of unbranched alkanes of at least 4 members (excludes halogenated alkanes) is 1. The first kappa shape index (κ1) is 16.9. The fraction of sp³-hybridized carbons (Fsp3) is 0.533. The Morgan fingerprint density at radius 1 is 1.29 bits per heavy atom. The minimum Gasteiger partial charge on any atom is -0.481 e. The molecule has 6 heteroatoms. The number of aliphatic carboxylic acids is 1. The van der Waals surface area contributed by atoms with Crippen molar-refractivity contribution in [2.24, 2.45) is 0 Å². The van der Waals surface area contributed by atoms with Crippen molar-refractivity contribution in [1.82, 2.24) is 9.47 Å². The van der Waals surface area contributed by atoms with Crippen molar-refractivity contribution in [2.45, 2.75) is 39.2 Å². The molecule has 6 nitrogen and oxygen atoms in total. The third-order valence-electron chi connectivity index (χ3n) is 3.28. The summed E-state index contributed by atoms with van der Waals surface area (Å²) >= 11 is 0. The number of aromatic nitrogens is 1. The van der Waals surface area contributed by atoms with Gasteiger partial charge in [-0.1, -0.05) is 0 Å². The van der Waals surface area contributed by atoms with Crippen LogP contribution in [0, 0.1) is 6.92 Å². The van der Waals surface area contributed by atoms with Crippen LogP contribution in [0.5, 0.6) is 0 Å². The summed E-state index contributed by atoms with van der Waals surface area (Å²) in [6.07, 6.45) is 3.51. The lowest BCUT2D eigenvalue weighted by atomic mass is 10.2. The van der Waals surface area contributed by atoms with Gasteiger partial charge in [0.1, 0.15) is 0 Å². The molecule has 0 aliphatic carbocycles. The van der Waals surface area contributed by atoms with E-state index < -0.39 is 5.97 Å². The summed E-state index contributed by atoms with van der Waals surface area (Å²) in [5.74, 6) is -0.971. The molecule has 0 radical (unpaired) electrons. The third kappa shape index (κ3) is 6.25. The molecule has 0 unspecified atom stereocenters. The molecule has 0 spiro atoms. The molecule has 0 aliphatic rings. The van der Waals surface area contributed by atoms with Crippen molar-refractivity contribution in [1.29, 1.82) is 0 Å². The van der Waals surface area contributed by atoms with E-state index in [1.807, 2.05) is 13.0 Å². The zero-order chi connectivity index (χ0) is 15.8. The Morgan fingerprint density at radius 3 is 2.62 bits per heavy atom. The molecule has 0 fully saturated rings. The summed E-state index contributed by atoms with van der Waals surface area (Å²) < 4.78 is 1.63. The second kappa shape index (κ2) is 8.24. The number of hydrogen-bond donors (Lipinski definition) is 1. The molecule has 0 aromatic carbocycles. The zero-order valence-electron chi connectivity index (χ0n) is 12.5. The number of nitrogens with zero attached hydrogens (tertiary/aromatic N) is 2. The molecule has 1 aromatic heterocycles. The Morgan fingerprint density at radius 2 is 2.00 bits per heavy atom. The van der Waals surface area contributed by atoms with Crippen molar-refractivity contribution < 1.29 is 14.7 Å². The van der Waals surface area contributed by atoms with Crippen LogP contribution in [0.15, 0.2) is 23.1 Å². The topological polar surface area (TPSA) is 79.6 Å². The van der Waals surface area contributed by atoms with Crippen LogP contribution in [-0.4, -0.2) is 40.0 Å². The predicted octanol–water partition coefficient (Wildman–Crippen LogP) is 1.26. The van der Waals surface area contributed by atoms with Crippen LogP contribution in [0.3, 0.4) is 0 Å². The maximum absolute atomic E-state index is 11.7. The summed E-state index contributed by atoms with van der Waals surface area (Å²) in [6, 6.07) is 3.47. The number of carbonyl (C=O) groups excluding carboxylic acids is 1. The molecule has 0 saturated heterocycles. The smallest absolute Gasteiger partial charge is 0.305 e. The molecule has 1 amide bonds. The summed E-state index contributed by atoms with van der Waals surface area (Å²) in [4.78, 5) is 35.3. The standard InChI is InChI=1S/C15H22N2O4/c1-12-6-10-17(14(19)11-12)8-4-3-5-13(18)16(2)9-7-15(20)21/h6,10-11H,3-5,7-9H2,1-2H3,(H,20,21). The fourth-order valence-electron chi connectivity index (χ4n) is 1.93. The summed E-state index contributed by atoms with van der Waals surface area (Å²) in [7, 11) is 1.61. The van der Waals surface area contributed by atoms with E-state index in [1.54, 1.807) is 23.9 Å². The molecular weight excluding hydrogens is 272 g/mol. The number of carbonyl (C=O) groups is 2. The van der Waals surface area contributed by atoms with Crippen LogP contribution < -0.4 is 5.56 Å². The van der Waals surface area contributed by atoms with Crippen molar-refractivity contribution in [2.75, 3.05) is 13.6 Å². The van der Waals surface area contributed by atoms with Gasteiger partial charge in [0.2, 0.25) is 5.91 Å². The molecule has 1 rings (SSSR count). The lowest BCUT2D eigenvalue weighted by Crippen LogP contribution is -2.28. The average Bonchev–Trinajstić information content (AvgIpc) is 2.42. The van der Waals surface area contributed by atoms with Gasteiger partial charge in [0, 0.05) is 38.8 Å². The molecular formula is C15H22N2O4. The number of amides is 1. The number of hydrogen-bond acceptors (Lipinski definition) is 3. The van der Waals surface area contributed by atoms with E-state index in [9.17, 15) is 14.4 Å². The van der Waals surface area contributed by atoms with E-state index in [4.69, 9.17) is 5.11 Å². The predicted molar refractivity (Wildman–Crippen MR) is 79.2 cm³/mol. The van der Waals surface area contributed by atoms with Gasteiger partial charge >= 0.3 is 5.97 Å². The number of aryl methyl sites for hydroxylation is 2. The molecule has 0 saturated carbocycles. The molecule has 0 bridgehead atoms. The van der Waals surface area contributed by atoms with Gasteiger partial charge in [-0.15, -0.1) is 0 Å². The van der Waals surface area contributed by atoms with Gasteiger partial charge in [0.05, 0.1) is 6.42 Å². The molecule has 1 aromatic rings. The van der Waals surface area contributed by atoms with Crippen LogP contribution in [0.4, 0.5) is 0 Å². The monoisotopic (exact) mass is 294 g/mol. The highest BCUT2D eigenvalue weighted by Gasteiger charge is 2.09. The Balaban J connectivity index is 2.28. The number of carboxylic acids is 1. The zero-order valence-corrected chi connectivity index (χ0v) is 12.5. The van der Waals surface area contributed by atoms with Gasteiger partial charge in [-0.2, -0.15) is 0 Å². The van der Waals surface area contributed by atoms with Gasteiger partial charge in [0.25, 0.3) is 5.56 Å². The Hall–Kier alpha value is -2.11. The van der Waals surface area contributed by atoms with Crippen LogP contribution >= 0.6 is 0 Å². The molecule has 21 heavy (non-hydrogen) atoms. The highest BCUT2D eigenvalue weighted by Crippen LogP contribution is 2.02. The van der Waals surface area contributed by atoms with Crippen LogP contribution in [-0.2, 0) is 16.1 Å². The van der Waals surface area contributed by atoms with Gasteiger partial charge in [-0.05, 0) is 31.4 Å². The van der Waals surface area contributed by atoms with Crippen molar-refractivity contribution >= 4 is 11.9 Å². The molecule has 0 aliphatic heterocycles. The van der Waals surface area contributed by atoms with E-state index in [-0.39, 0.29) is 24.4 Å². The second-order valence-electron chi connectivity index (χ2n) is 5.15. The summed E-state index contributed by atoms with van der Waals surface area (Å²) in [5, 5.41) is 8.56. The van der Waals surface area contributed by atoms with E-state index in [0.717, 1.165) is 12.0 Å². The van der Waals surface area contributed by atoms with E-state index in [0.29, 0.717) is 19.4 Å². The second-order valence-corrected chi connectivity index (χ2v) is 5.15. The lowest BCUT2D eigenvalue weighted by molar-refractivity contribution is -0.138. The Bertz CT molecular complexity index is 551. The Kier molecular flexibility index (Phi) is 6.65. The van der Waals surface area contributed by atoms with Crippen LogP contribution in [0.2, 0.25) is 0 Å². The number of pyridine rings is 1. The minimum atomic E-state index is -0.909. The highest BCUT2D eigenvalue weighted by molar-refractivity contribution is 5.76. The summed E-state index contributed by atoms with van der Waals surface area (Å²) in [5.41, 5.74) is 0.909. The van der Waals surface area contributed by atoms with Gasteiger partial charge < -0.3 is 14.6 Å². The van der Waals surface area contributed by atoms with E-state index in [2.05, 4.69) is 0 Å². The van der Waals surface area contributed by atoms with Crippen molar-refractivity contribution in [3.8, 4) is 0 Å².